The lowest BCUT2D eigenvalue weighted by Gasteiger charge is -2.34. The Morgan fingerprint density at radius 2 is 1.86 bits per heavy atom. The van der Waals surface area contributed by atoms with E-state index in [0.717, 1.165) is 29.7 Å². The Labute approximate surface area is 171 Å². The van der Waals surface area contributed by atoms with Gasteiger partial charge in [0.15, 0.2) is 17.7 Å². The molecule has 2 amide bonds. The van der Waals surface area contributed by atoms with E-state index in [0.29, 0.717) is 5.75 Å². The summed E-state index contributed by atoms with van der Waals surface area (Å²) in [5.74, 6) is 0.369. The van der Waals surface area contributed by atoms with Crippen LogP contribution >= 0.6 is 0 Å². The van der Waals surface area contributed by atoms with Gasteiger partial charge in [-0.25, -0.2) is 4.98 Å². The Kier molecular flexibility index (Phi) is 6.06. The first-order chi connectivity index (χ1) is 13.8. The number of hydrogen-bond donors (Lipinski definition) is 2. The van der Waals surface area contributed by atoms with Gasteiger partial charge in [-0.05, 0) is 42.0 Å². The normalized spacial score (nSPS) is 15.8. The summed E-state index contributed by atoms with van der Waals surface area (Å²) in [6.07, 6.45) is 0.932. The second-order valence-corrected chi connectivity index (χ2v) is 7.47. The van der Waals surface area contributed by atoms with E-state index in [-0.39, 0.29) is 35.9 Å². The molecule has 7 heteroatoms. The maximum atomic E-state index is 13.0. The molecule has 0 spiro atoms. The molecule has 0 fully saturated rings. The summed E-state index contributed by atoms with van der Waals surface area (Å²) >= 11 is 0. The highest BCUT2D eigenvalue weighted by Gasteiger charge is 2.38. The number of aromatic nitrogens is 1. The standard InChI is InChI=1S/C22H28N4O3/c1-5-14-8-7-9-15(6-2)19(14)25-18(27)12-26-21-16(10-11-17(23)24-21)29-20(13(3)4)22(26)28/h7-11,13,20H,5-6,12H2,1-4H3,(H2,23,24)(H,25,27). The zero-order chi connectivity index (χ0) is 21.1. The van der Waals surface area contributed by atoms with Crippen molar-refractivity contribution in [3.05, 3.63) is 41.5 Å². The van der Waals surface area contributed by atoms with Gasteiger partial charge in [0, 0.05) is 5.69 Å². The third-order valence-electron chi connectivity index (χ3n) is 5.05. The van der Waals surface area contributed by atoms with E-state index in [4.69, 9.17) is 10.5 Å². The average Bonchev–Trinajstić information content (AvgIpc) is 2.70. The number of anilines is 3. The summed E-state index contributed by atoms with van der Waals surface area (Å²) in [4.78, 5) is 31.6. The topological polar surface area (TPSA) is 97.5 Å². The van der Waals surface area contributed by atoms with Gasteiger partial charge in [-0.15, -0.1) is 0 Å². The largest absolute Gasteiger partial charge is 0.476 e. The number of pyridine rings is 1. The van der Waals surface area contributed by atoms with Crippen LogP contribution in [-0.2, 0) is 22.4 Å². The highest BCUT2D eigenvalue weighted by atomic mass is 16.5. The van der Waals surface area contributed by atoms with Gasteiger partial charge in [-0.3, -0.25) is 14.5 Å². The van der Waals surface area contributed by atoms with Crippen LogP contribution in [0.2, 0.25) is 0 Å². The molecular weight excluding hydrogens is 368 g/mol. The van der Waals surface area contributed by atoms with Crippen LogP contribution in [0.1, 0.15) is 38.8 Å². The average molecular weight is 396 g/mol. The number of nitrogens with two attached hydrogens (primary N) is 1. The van der Waals surface area contributed by atoms with Gasteiger partial charge in [0.25, 0.3) is 5.91 Å². The Morgan fingerprint density at radius 3 is 2.45 bits per heavy atom. The molecule has 1 aromatic heterocycles. The summed E-state index contributed by atoms with van der Waals surface area (Å²) in [6, 6.07) is 9.30. The van der Waals surface area contributed by atoms with Gasteiger partial charge >= 0.3 is 0 Å². The monoisotopic (exact) mass is 396 g/mol. The van der Waals surface area contributed by atoms with E-state index in [2.05, 4.69) is 10.3 Å². The minimum Gasteiger partial charge on any atom is -0.476 e. The number of hydrogen-bond acceptors (Lipinski definition) is 5. The van der Waals surface area contributed by atoms with Gasteiger partial charge in [0.05, 0.1) is 0 Å². The minimum absolute atomic E-state index is 0.0497. The highest BCUT2D eigenvalue weighted by molar-refractivity contribution is 6.06. The van der Waals surface area contributed by atoms with Crippen molar-refractivity contribution in [3.63, 3.8) is 0 Å². The van der Waals surface area contributed by atoms with Gasteiger partial charge in [-0.1, -0.05) is 45.9 Å². The maximum absolute atomic E-state index is 13.0. The van der Waals surface area contributed by atoms with E-state index in [9.17, 15) is 9.59 Å². The Morgan fingerprint density at radius 1 is 1.21 bits per heavy atom. The SMILES string of the molecule is CCc1cccc(CC)c1NC(=O)CN1C(=O)C(C(C)C)Oc2ccc(N)nc21. The predicted octanol–water partition coefficient (Wildman–Crippen LogP) is 3.18. The molecule has 154 valence electrons. The molecule has 1 aliphatic heterocycles. The number of benzene rings is 1. The molecule has 29 heavy (non-hydrogen) atoms. The summed E-state index contributed by atoms with van der Waals surface area (Å²) in [5, 5.41) is 3.01. The van der Waals surface area contributed by atoms with Crippen LogP contribution in [0, 0.1) is 5.92 Å². The fourth-order valence-electron chi connectivity index (χ4n) is 3.48. The molecule has 0 aliphatic carbocycles. The maximum Gasteiger partial charge on any atom is 0.270 e. The van der Waals surface area contributed by atoms with E-state index in [1.807, 2.05) is 45.9 Å². The number of nitrogen functional groups attached to an aromatic ring is 1. The van der Waals surface area contributed by atoms with Crippen molar-refractivity contribution in [1.82, 2.24) is 4.98 Å². The van der Waals surface area contributed by atoms with Crippen LogP contribution in [0.5, 0.6) is 5.75 Å². The number of aryl methyl sites for hydroxylation is 2. The molecule has 2 heterocycles. The lowest BCUT2D eigenvalue weighted by molar-refractivity contribution is -0.129. The molecule has 1 atom stereocenters. The van der Waals surface area contributed by atoms with Crippen molar-refractivity contribution in [1.29, 1.82) is 0 Å². The predicted molar refractivity (Wildman–Crippen MR) is 114 cm³/mol. The molecule has 1 aromatic carbocycles. The first kappa shape index (κ1) is 20.6. The van der Waals surface area contributed by atoms with Crippen molar-refractivity contribution in [2.75, 3.05) is 22.5 Å². The lowest BCUT2D eigenvalue weighted by Crippen LogP contribution is -2.51. The fourth-order valence-corrected chi connectivity index (χ4v) is 3.48. The third kappa shape index (κ3) is 4.18. The molecule has 7 nitrogen and oxygen atoms in total. The first-order valence-corrected chi connectivity index (χ1v) is 10.0. The summed E-state index contributed by atoms with van der Waals surface area (Å²) in [5.41, 5.74) is 8.76. The second-order valence-electron chi connectivity index (χ2n) is 7.47. The number of carbonyl (C=O) groups excluding carboxylic acids is 2. The Balaban J connectivity index is 1.90. The van der Waals surface area contributed by atoms with Crippen LogP contribution in [-0.4, -0.2) is 29.4 Å². The molecule has 0 saturated carbocycles. The highest BCUT2D eigenvalue weighted by Crippen LogP contribution is 2.34. The smallest absolute Gasteiger partial charge is 0.270 e. The van der Waals surface area contributed by atoms with Crippen molar-refractivity contribution >= 4 is 29.1 Å². The van der Waals surface area contributed by atoms with Gasteiger partial charge in [0.2, 0.25) is 5.91 Å². The van der Waals surface area contributed by atoms with E-state index >= 15 is 0 Å². The summed E-state index contributed by atoms with van der Waals surface area (Å²) in [7, 11) is 0. The molecular formula is C22H28N4O3. The first-order valence-electron chi connectivity index (χ1n) is 10.0. The number of para-hydroxylation sites is 1. The van der Waals surface area contributed by atoms with E-state index in [1.54, 1.807) is 12.1 Å². The number of amides is 2. The zero-order valence-corrected chi connectivity index (χ0v) is 17.4. The number of nitrogens with one attached hydrogen (secondary N) is 1. The minimum atomic E-state index is -0.671. The van der Waals surface area contributed by atoms with E-state index in [1.165, 1.54) is 4.90 Å². The van der Waals surface area contributed by atoms with Crippen LogP contribution in [0.15, 0.2) is 30.3 Å². The van der Waals surface area contributed by atoms with Crippen LogP contribution < -0.4 is 20.7 Å². The van der Waals surface area contributed by atoms with Gasteiger partial charge in [0.1, 0.15) is 12.4 Å². The Bertz CT molecular complexity index is 904. The summed E-state index contributed by atoms with van der Waals surface area (Å²) in [6.45, 7) is 7.75. The van der Waals surface area contributed by atoms with Crippen molar-refractivity contribution < 1.29 is 14.3 Å². The fraction of sp³-hybridized carbons (Fsp3) is 0.409. The quantitative estimate of drug-likeness (QED) is 0.782. The number of fused-ring (bicyclic) bond motifs is 1. The van der Waals surface area contributed by atoms with Crippen LogP contribution in [0.25, 0.3) is 0 Å². The molecule has 0 bridgehead atoms. The molecule has 2 aromatic rings. The molecule has 3 rings (SSSR count). The number of rotatable bonds is 6. The van der Waals surface area contributed by atoms with Gasteiger partial charge < -0.3 is 15.8 Å². The molecule has 0 saturated heterocycles. The van der Waals surface area contributed by atoms with Crippen molar-refractivity contribution in [2.45, 2.75) is 46.6 Å². The van der Waals surface area contributed by atoms with Crippen LogP contribution in [0.3, 0.4) is 0 Å². The van der Waals surface area contributed by atoms with Crippen molar-refractivity contribution in [3.8, 4) is 5.75 Å². The second kappa shape index (κ2) is 8.51. The molecule has 0 radical (unpaired) electrons. The van der Waals surface area contributed by atoms with Crippen molar-refractivity contribution in [2.24, 2.45) is 5.92 Å². The molecule has 3 N–H and O–H groups in total. The molecule has 1 unspecified atom stereocenters. The number of nitrogens with zero attached hydrogens (tertiary/aromatic N) is 2. The lowest BCUT2D eigenvalue weighted by atomic mass is 10.0. The zero-order valence-electron chi connectivity index (χ0n) is 17.4. The molecule has 1 aliphatic rings. The number of carbonyl (C=O) groups is 2. The summed E-state index contributed by atoms with van der Waals surface area (Å²) < 4.78 is 5.82. The number of ether oxygens (including phenoxy) is 1. The van der Waals surface area contributed by atoms with Gasteiger partial charge in [-0.2, -0.15) is 0 Å². The third-order valence-corrected chi connectivity index (χ3v) is 5.05. The Hall–Kier alpha value is -3.09. The van der Waals surface area contributed by atoms with Crippen LogP contribution in [0.4, 0.5) is 17.3 Å². The van der Waals surface area contributed by atoms with E-state index < -0.39 is 6.10 Å².